The fourth-order valence-electron chi connectivity index (χ4n) is 1.68. The van der Waals surface area contributed by atoms with Gasteiger partial charge in [0.25, 0.3) is 0 Å². The molecule has 5 heteroatoms. The zero-order valence-electron chi connectivity index (χ0n) is 10.1. The van der Waals surface area contributed by atoms with Crippen LogP contribution < -0.4 is 10.5 Å². The molecule has 2 rings (SSSR count). The van der Waals surface area contributed by atoms with E-state index in [2.05, 4.69) is 0 Å². The Morgan fingerprint density at radius 1 is 1.21 bits per heavy atom. The highest BCUT2D eigenvalue weighted by Crippen LogP contribution is 2.33. The highest BCUT2D eigenvalue weighted by molar-refractivity contribution is 6.31. The molecule has 0 saturated heterocycles. The minimum atomic E-state index is -0.588. The third kappa shape index (κ3) is 3.16. The Kier molecular flexibility index (Phi) is 4.24. The first kappa shape index (κ1) is 13.6. The molecule has 3 nitrogen and oxygen atoms in total. The number of halogens is 2. The van der Waals surface area contributed by atoms with Crippen LogP contribution in [0.3, 0.4) is 0 Å². The Morgan fingerprint density at radius 3 is 2.68 bits per heavy atom. The summed E-state index contributed by atoms with van der Waals surface area (Å²) in [4.78, 5) is 0. The van der Waals surface area contributed by atoms with Gasteiger partial charge in [-0.05, 0) is 18.1 Å². The number of benzene rings is 2. The van der Waals surface area contributed by atoms with Crippen LogP contribution >= 0.6 is 11.6 Å². The van der Waals surface area contributed by atoms with Gasteiger partial charge in [-0.25, -0.2) is 4.39 Å². The van der Waals surface area contributed by atoms with Gasteiger partial charge in [0.2, 0.25) is 0 Å². The minimum Gasteiger partial charge on any atom is -0.455 e. The molecule has 100 valence electrons. The van der Waals surface area contributed by atoms with E-state index in [0.717, 1.165) is 11.6 Å². The monoisotopic (exact) mass is 281 g/mol. The summed E-state index contributed by atoms with van der Waals surface area (Å²) in [6.45, 7) is 0.0139. The molecule has 0 aliphatic rings. The van der Waals surface area contributed by atoms with Crippen LogP contribution in [0.5, 0.6) is 11.5 Å². The summed E-state index contributed by atoms with van der Waals surface area (Å²) < 4.78 is 18.8. The molecule has 19 heavy (non-hydrogen) atoms. The maximum atomic E-state index is 13.2. The normalized spacial score (nSPS) is 10.5. The maximum absolute atomic E-state index is 13.2. The predicted molar refractivity (Wildman–Crippen MR) is 73.1 cm³/mol. The van der Waals surface area contributed by atoms with Crippen molar-refractivity contribution in [3.63, 3.8) is 0 Å². The van der Waals surface area contributed by atoms with Crippen molar-refractivity contribution in [2.24, 2.45) is 0 Å². The molecule has 0 heterocycles. The van der Waals surface area contributed by atoms with Crippen molar-refractivity contribution < 1.29 is 14.2 Å². The summed E-state index contributed by atoms with van der Waals surface area (Å²) in [5.74, 6) is 0.262. The van der Waals surface area contributed by atoms with Gasteiger partial charge in [0.05, 0.1) is 10.7 Å². The van der Waals surface area contributed by atoms with Gasteiger partial charge in [-0.15, -0.1) is 0 Å². The lowest BCUT2D eigenvalue weighted by molar-refractivity contribution is 0.298. The highest BCUT2D eigenvalue weighted by Gasteiger charge is 2.10. The van der Waals surface area contributed by atoms with E-state index >= 15 is 0 Å². The van der Waals surface area contributed by atoms with Crippen molar-refractivity contribution >= 4 is 17.3 Å². The molecule has 0 fully saturated rings. The number of nitrogen functional groups attached to an aromatic ring is 1. The Bertz CT molecular complexity index is 590. The third-order valence-corrected chi connectivity index (χ3v) is 2.92. The van der Waals surface area contributed by atoms with Crippen molar-refractivity contribution in [2.75, 3.05) is 12.3 Å². The Labute approximate surface area is 115 Å². The molecule has 3 N–H and O–H groups in total. The molecule has 0 aliphatic heterocycles. The summed E-state index contributed by atoms with van der Waals surface area (Å²) in [5, 5.41) is 8.94. The third-order valence-electron chi connectivity index (χ3n) is 2.63. The SMILES string of the molecule is Nc1cc(F)c(Cl)cc1Oc1ccccc1CCO. The van der Waals surface area contributed by atoms with Crippen molar-refractivity contribution in [1.82, 2.24) is 0 Å². The quantitative estimate of drug-likeness (QED) is 0.845. The van der Waals surface area contributed by atoms with Gasteiger partial charge in [0, 0.05) is 18.7 Å². The van der Waals surface area contributed by atoms with E-state index in [-0.39, 0.29) is 23.1 Å². The molecule has 0 aliphatic carbocycles. The van der Waals surface area contributed by atoms with Crippen molar-refractivity contribution in [3.8, 4) is 11.5 Å². The second-order valence-corrected chi connectivity index (χ2v) is 4.39. The number of para-hydroxylation sites is 1. The van der Waals surface area contributed by atoms with E-state index in [1.54, 1.807) is 12.1 Å². The van der Waals surface area contributed by atoms with E-state index in [0.29, 0.717) is 12.2 Å². The summed E-state index contributed by atoms with van der Waals surface area (Å²) in [6, 6.07) is 9.69. The van der Waals surface area contributed by atoms with Crippen LogP contribution in [0.15, 0.2) is 36.4 Å². The molecule has 0 atom stereocenters. The molecular formula is C14H13ClFNO2. The number of nitrogens with two attached hydrogens (primary N) is 1. The van der Waals surface area contributed by atoms with E-state index in [1.165, 1.54) is 6.07 Å². The standard InChI is InChI=1S/C14H13ClFNO2/c15-10-7-14(12(17)8-11(10)16)19-13-4-2-1-3-9(13)5-6-18/h1-4,7-8,18H,5-6,17H2. The number of hydrogen-bond donors (Lipinski definition) is 2. The zero-order valence-corrected chi connectivity index (χ0v) is 10.8. The lowest BCUT2D eigenvalue weighted by atomic mass is 10.1. The number of hydrogen-bond acceptors (Lipinski definition) is 3. The van der Waals surface area contributed by atoms with Gasteiger partial charge >= 0.3 is 0 Å². The van der Waals surface area contributed by atoms with Crippen LogP contribution in [0.1, 0.15) is 5.56 Å². The smallest absolute Gasteiger partial charge is 0.152 e. The molecule has 0 spiro atoms. The molecule has 0 amide bonds. The molecule has 0 saturated carbocycles. The van der Waals surface area contributed by atoms with Gasteiger partial charge in [-0.2, -0.15) is 0 Å². The predicted octanol–water partition coefficient (Wildman–Crippen LogP) is 3.39. The average molecular weight is 282 g/mol. The zero-order chi connectivity index (χ0) is 13.8. The van der Waals surface area contributed by atoms with E-state index in [4.69, 9.17) is 27.2 Å². The van der Waals surface area contributed by atoms with Crippen LogP contribution in [-0.4, -0.2) is 11.7 Å². The van der Waals surface area contributed by atoms with Crippen molar-refractivity contribution in [1.29, 1.82) is 0 Å². The Hall–Kier alpha value is -1.78. The Morgan fingerprint density at radius 2 is 1.95 bits per heavy atom. The number of rotatable bonds is 4. The molecule has 0 unspecified atom stereocenters. The highest BCUT2D eigenvalue weighted by atomic mass is 35.5. The molecule has 2 aromatic rings. The number of aliphatic hydroxyl groups is 1. The van der Waals surface area contributed by atoms with Gasteiger partial charge in [-0.1, -0.05) is 29.8 Å². The lowest BCUT2D eigenvalue weighted by Crippen LogP contribution is -1.98. The van der Waals surface area contributed by atoms with Gasteiger partial charge in [0.1, 0.15) is 11.6 Å². The van der Waals surface area contributed by atoms with Gasteiger partial charge in [0.15, 0.2) is 5.75 Å². The van der Waals surface area contributed by atoms with Gasteiger partial charge in [-0.3, -0.25) is 0 Å². The molecule has 2 aromatic carbocycles. The second kappa shape index (κ2) is 5.91. The van der Waals surface area contributed by atoms with E-state index in [1.807, 2.05) is 12.1 Å². The van der Waals surface area contributed by atoms with Gasteiger partial charge < -0.3 is 15.6 Å². The lowest BCUT2D eigenvalue weighted by Gasteiger charge is -2.12. The average Bonchev–Trinajstić information content (AvgIpc) is 2.38. The second-order valence-electron chi connectivity index (χ2n) is 3.99. The molecule has 0 aromatic heterocycles. The summed E-state index contributed by atoms with van der Waals surface area (Å²) in [5.41, 5.74) is 6.69. The molecule has 0 bridgehead atoms. The number of aliphatic hydroxyl groups excluding tert-OH is 1. The first-order valence-electron chi connectivity index (χ1n) is 5.73. The topological polar surface area (TPSA) is 55.5 Å². The number of anilines is 1. The largest absolute Gasteiger partial charge is 0.455 e. The first-order valence-corrected chi connectivity index (χ1v) is 6.10. The molecule has 0 radical (unpaired) electrons. The van der Waals surface area contributed by atoms with E-state index in [9.17, 15) is 4.39 Å². The Balaban J connectivity index is 2.33. The summed E-state index contributed by atoms with van der Waals surface area (Å²) in [6.07, 6.45) is 0.463. The van der Waals surface area contributed by atoms with Crippen molar-refractivity contribution in [3.05, 3.63) is 52.8 Å². The van der Waals surface area contributed by atoms with Crippen molar-refractivity contribution in [2.45, 2.75) is 6.42 Å². The minimum absolute atomic E-state index is 0.0139. The summed E-state index contributed by atoms with van der Waals surface area (Å²) >= 11 is 5.70. The van der Waals surface area contributed by atoms with Crippen LogP contribution in [-0.2, 0) is 6.42 Å². The van der Waals surface area contributed by atoms with E-state index < -0.39 is 5.82 Å². The molecular weight excluding hydrogens is 269 g/mol. The van der Waals surface area contributed by atoms with Crippen LogP contribution in [0.25, 0.3) is 0 Å². The fourth-order valence-corrected chi connectivity index (χ4v) is 1.83. The van der Waals surface area contributed by atoms with Crippen LogP contribution in [0, 0.1) is 5.82 Å². The maximum Gasteiger partial charge on any atom is 0.152 e. The van der Waals surface area contributed by atoms with Crippen LogP contribution in [0.4, 0.5) is 10.1 Å². The number of ether oxygens (including phenoxy) is 1. The van der Waals surface area contributed by atoms with Crippen LogP contribution in [0.2, 0.25) is 5.02 Å². The fraction of sp³-hybridized carbons (Fsp3) is 0.143. The summed E-state index contributed by atoms with van der Waals surface area (Å²) in [7, 11) is 0. The first-order chi connectivity index (χ1) is 9.11.